The van der Waals surface area contributed by atoms with Gasteiger partial charge in [0.25, 0.3) is 0 Å². The molecule has 4 fully saturated rings. The van der Waals surface area contributed by atoms with E-state index in [1.807, 2.05) is 0 Å². The molecule has 0 aromatic heterocycles. The van der Waals surface area contributed by atoms with Gasteiger partial charge in [-0.2, -0.15) is 0 Å². The summed E-state index contributed by atoms with van der Waals surface area (Å²) in [6, 6.07) is 0. The van der Waals surface area contributed by atoms with Gasteiger partial charge in [-0.05, 0) is 37.5 Å². The molecule has 0 heterocycles. The summed E-state index contributed by atoms with van der Waals surface area (Å²) in [5.41, 5.74) is 0. The summed E-state index contributed by atoms with van der Waals surface area (Å²) < 4.78 is 9.78. The van der Waals surface area contributed by atoms with Crippen molar-refractivity contribution in [2.45, 2.75) is 31.8 Å². The molecule has 0 radical (unpaired) electrons. The molecular weight excluding hydrogens is 208 g/mol. The van der Waals surface area contributed by atoms with Crippen LogP contribution in [0.25, 0.3) is 0 Å². The van der Waals surface area contributed by atoms with Gasteiger partial charge in [0, 0.05) is 5.92 Å². The molecule has 88 valence electrons. The van der Waals surface area contributed by atoms with Gasteiger partial charge < -0.3 is 9.47 Å². The maximum Gasteiger partial charge on any atom is 0.508 e. The Hall–Kier alpha value is -1.06. The van der Waals surface area contributed by atoms with E-state index in [0.29, 0.717) is 17.6 Å². The van der Waals surface area contributed by atoms with Crippen LogP contribution in [0, 0.1) is 23.7 Å². The first kappa shape index (κ1) is 10.1. The summed E-state index contributed by atoms with van der Waals surface area (Å²) >= 11 is 0. The number of hydrogen-bond acceptors (Lipinski definition) is 4. The molecule has 0 aromatic rings. The number of hydrogen-bond donors (Lipinski definition) is 0. The number of Topliss-reactive ketones (excluding diaryl/α,β-unsaturated/α-hetero) is 1. The van der Waals surface area contributed by atoms with E-state index >= 15 is 0 Å². The molecule has 0 N–H and O–H groups in total. The predicted molar refractivity (Wildman–Crippen MR) is 54.7 cm³/mol. The van der Waals surface area contributed by atoms with E-state index in [4.69, 9.17) is 4.74 Å². The first-order chi connectivity index (χ1) is 7.69. The lowest BCUT2D eigenvalue weighted by Crippen LogP contribution is -2.55. The molecule has 4 aliphatic carbocycles. The number of carbonyl (C=O) groups excluding carboxylic acids is 2. The van der Waals surface area contributed by atoms with E-state index in [1.54, 1.807) is 0 Å². The number of methoxy groups -OCH3 is 1. The highest BCUT2D eigenvalue weighted by Crippen LogP contribution is 2.52. The van der Waals surface area contributed by atoms with Crippen LogP contribution in [0.3, 0.4) is 0 Å². The molecule has 0 unspecified atom stereocenters. The van der Waals surface area contributed by atoms with Crippen molar-refractivity contribution in [1.29, 1.82) is 0 Å². The van der Waals surface area contributed by atoms with Crippen LogP contribution in [0.5, 0.6) is 0 Å². The lowest BCUT2D eigenvalue weighted by molar-refractivity contribution is -0.156. The van der Waals surface area contributed by atoms with Crippen molar-refractivity contribution < 1.29 is 19.1 Å². The molecule has 4 saturated carbocycles. The van der Waals surface area contributed by atoms with E-state index in [9.17, 15) is 9.59 Å². The van der Waals surface area contributed by atoms with Crippen LogP contribution >= 0.6 is 0 Å². The minimum Gasteiger partial charge on any atom is -0.438 e. The zero-order chi connectivity index (χ0) is 11.3. The first-order valence-corrected chi connectivity index (χ1v) is 5.97. The molecule has 0 saturated heterocycles. The van der Waals surface area contributed by atoms with Crippen LogP contribution in [0.4, 0.5) is 4.79 Å². The molecule has 4 bridgehead atoms. The highest BCUT2D eigenvalue weighted by molar-refractivity contribution is 5.86. The molecule has 4 aliphatic rings. The fourth-order valence-electron chi connectivity index (χ4n) is 3.92. The van der Waals surface area contributed by atoms with Gasteiger partial charge in [0.2, 0.25) is 0 Å². The third-order valence-corrected chi connectivity index (χ3v) is 4.46. The Labute approximate surface area is 94.3 Å². The van der Waals surface area contributed by atoms with Crippen molar-refractivity contribution in [3.05, 3.63) is 0 Å². The summed E-state index contributed by atoms with van der Waals surface area (Å²) in [5, 5.41) is 0. The van der Waals surface area contributed by atoms with E-state index in [2.05, 4.69) is 4.74 Å². The standard InChI is InChI=1S/C12H16O4/c1-15-12(14)16-11-8-3-6-2-7(5-8)10(13)9(11)4-6/h6-9,11H,2-5H2,1H3/t6-,7+,8-,9+,11+/m0/s1. The smallest absolute Gasteiger partial charge is 0.438 e. The largest absolute Gasteiger partial charge is 0.508 e. The van der Waals surface area contributed by atoms with Crippen molar-refractivity contribution >= 4 is 11.9 Å². The number of carbonyl (C=O) groups is 2. The van der Waals surface area contributed by atoms with E-state index in [-0.39, 0.29) is 17.9 Å². The van der Waals surface area contributed by atoms with E-state index in [1.165, 1.54) is 7.11 Å². The van der Waals surface area contributed by atoms with Gasteiger partial charge in [-0.25, -0.2) is 4.79 Å². The topological polar surface area (TPSA) is 52.6 Å². The third kappa shape index (κ3) is 1.35. The van der Waals surface area contributed by atoms with Crippen molar-refractivity contribution in [2.24, 2.45) is 23.7 Å². The zero-order valence-electron chi connectivity index (χ0n) is 9.35. The summed E-state index contributed by atoms with van der Waals surface area (Å²) in [6.45, 7) is 0. The van der Waals surface area contributed by atoms with Crippen molar-refractivity contribution in [3.8, 4) is 0 Å². The monoisotopic (exact) mass is 224 g/mol. The van der Waals surface area contributed by atoms with Crippen molar-refractivity contribution in [2.75, 3.05) is 7.11 Å². The third-order valence-electron chi connectivity index (χ3n) is 4.46. The second-order valence-corrected chi connectivity index (χ2v) is 5.31. The second kappa shape index (κ2) is 3.47. The van der Waals surface area contributed by atoms with Gasteiger partial charge in [0.05, 0.1) is 13.0 Å². The first-order valence-electron chi connectivity index (χ1n) is 5.97. The summed E-state index contributed by atoms with van der Waals surface area (Å²) in [5.74, 6) is 1.60. The van der Waals surface area contributed by atoms with Gasteiger partial charge in [-0.15, -0.1) is 0 Å². The molecular formula is C12H16O4. The Balaban J connectivity index is 1.80. The van der Waals surface area contributed by atoms with Gasteiger partial charge >= 0.3 is 6.16 Å². The second-order valence-electron chi connectivity index (χ2n) is 5.31. The van der Waals surface area contributed by atoms with Gasteiger partial charge in [0.15, 0.2) is 0 Å². The fraction of sp³-hybridized carbons (Fsp3) is 0.833. The lowest BCUT2D eigenvalue weighted by atomic mass is 9.54. The van der Waals surface area contributed by atoms with E-state index in [0.717, 1.165) is 25.7 Å². The summed E-state index contributed by atoms with van der Waals surface area (Å²) in [7, 11) is 1.31. The number of ketones is 1. The van der Waals surface area contributed by atoms with Gasteiger partial charge in [-0.3, -0.25) is 4.79 Å². The molecule has 4 heteroatoms. The number of ether oxygens (including phenoxy) is 2. The lowest BCUT2D eigenvalue weighted by Gasteiger charge is -2.51. The van der Waals surface area contributed by atoms with Crippen molar-refractivity contribution in [3.63, 3.8) is 0 Å². The summed E-state index contributed by atoms with van der Waals surface area (Å²) in [4.78, 5) is 23.2. The maximum absolute atomic E-state index is 12.0. The molecule has 16 heavy (non-hydrogen) atoms. The highest BCUT2D eigenvalue weighted by atomic mass is 16.7. The Morgan fingerprint density at radius 1 is 1.25 bits per heavy atom. The molecule has 0 spiro atoms. The highest BCUT2D eigenvalue weighted by Gasteiger charge is 2.54. The Kier molecular flexibility index (Phi) is 2.19. The molecule has 4 rings (SSSR count). The van der Waals surface area contributed by atoms with Crippen LogP contribution in [0.15, 0.2) is 0 Å². The van der Waals surface area contributed by atoms with E-state index < -0.39 is 6.16 Å². The SMILES string of the molecule is COC(=O)O[C@@H]1[C@H]2C[C@@H]3C[C@H](C2)C(=O)[C@H]1C3. The van der Waals surface area contributed by atoms with Crippen LogP contribution in [-0.2, 0) is 14.3 Å². The Morgan fingerprint density at radius 3 is 2.81 bits per heavy atom. The minimum absolute atomic E-state index is 0.0460. The fourth-order valence-corrected chi connectivity index (χ4v) is 3.92. The number of rotatable bonds is 1. The Morgan fingerprint density at radius 2 is 2.06 bits per heavy atom. The average molecular weight is 224 g/mol. The molecule has 4 nitrogen and oxygen atoms in total. The Bertz CT molecular complexity index is 338. The quantitative estimate of drug-likeness (QED) is 0.637. The average Bonchev–Trinajstić information content (AvgIpc) is 2.29. The minimum atomic E-state index is -0.648. The molecule has 0 aliphatic heterocycles. The summed E-state index contributed by atoms with van der Waals surface area (Å²) in [6.07, 6.45) is 3.14. The maximum atomic E-state index is 12.0. The van der Waals surface area contributed by atoms with Crippen LogP contribution in [0.2, 0.25) is 0 Å². The molecule has 0 aromatic carbocycles. The zero-order valence-corrected chi connectivity index (χ0v) is 9.35. The van der Waals surface area contributed by atoms with Crippen LogP contribution in [0.1, 0.15) is 25.7 Å². The predicted octanol–water partition coefficient (Wildman–Crippen LogP) is 1.77. The van der Waals surface area contributed by atoms with Crippen LogP contribution in [-0.4, -0.2) is 25.2 Å². The molecule has 0 amide bonds. The van der Waals surface area contributed by atoms with Crippen molar-refractivity contribution in [1.82, 2.24) is 0 Å². The van der Waals surface area contributed by atoms with Gasteiger partial charge in [0.1, 0.15) is 11.9 Å². The van der Waals surface area contributed by atoms with Gasteiger partial charge in [-0.1, -0.05) is 0 Å². The molecule has 5 atom stereocenters. The normalized spacial score (nSPS) is 44.6. The van der Waals surface area contributed by atoms with Crippen LogP contribution < -0.4 is 0 Å².